The summed E-state index contributed by atoms with van der Waals surface area (Å²) in [4.78, 5) is 23.4. The number of carbonyl (C=O) groups is 2. The van der Waals surface area contributed by atoms with Gasteiger partial charge in [0, 0.05) is 19.2 Å². The molecule has 2 rings (SSSR count). The minimum absolute atomic E-state index is 0.0420. The predicted octanol–water partition coefficient (Wildman–Crippen LogP) is 2.37. The van der Waals surface area contributed by atoms with E-state index in [1.807, 2.05) is 0 Å². The van der Waals surface area contributed by atoms with Gasteiger partial charge in [-0.05, 0) is 31.2 Å². The van der Waals surface area contributed by atoms with Gasteiger partial charge >= 0.3 is 0 Å². The molecule has 0 aliphatic rings. The van der Waals surface area contributed by atoms with Crippen molar-refractivity contribution >= 4 is 44.9 Å². The lowest BCUT2D eigenvalue weighted by Crippen LogP contribution is -2.42. The first kappa shape index (κ1) is 25.1. The van der Waals surface area contributed by atoms with Gasteiger partial charge in [-0.3, -0.25) is 9.59 Å². The number of Topliss-reactive ketones (excluding diaryl/α,β-unsaturated/α-hetero) is 1. The van der Waals surface area contributed by atoms with Gasteiger partial charge in [0.05, 0.1) is 16.5 Å². The van der Waals surface area contributed by atoms with Crippen LogP contribution in [-0.4, -0.2) is 62.4 Å². The van der Waals surface area contributed by atoms with Crippen LogP contribution in [0, 0.1) is 0 Å². The zero-order valence-electron chi connectivity index (χ0n) is 16.8. The second kappa shape index (κ2) is 10.9. The number of aliphatic hydroxyl groups excluding tert-OH is 1. The number of aliphatic hydroxyl groups is 1. The Hall–Kier alpha value is -2.17. The van der Waals surface area contributed by atoms with E-state index >= 15 is 0 Å². The van der Waals surface area contributed by atoms with Crippen LogP contribution in [0.25, 0.3) is 0 Å². The summed E-state index contributed by atoms with van der Waals surface area (Å²) in [7, 11) is -2.66. The number of hydrogen-bond acceptors (Lipinski definition) is 6. The van der Waals surface area contributed by atoms with Gasteiger partial charge in [-0.2, -0.15) is 4.31 Å². The van der Waals surface area contributed by atoms with Gasteiger partial charge in [0.15, 0.2) is 5.78 Å². The molecule has 2 aromatic rings. The maximum absolute atomic E-state index is 12.6. The van der Waals surface area contributed by atoms with Crippen LogP contribution < -0.4 is 10.1 Å². The van der Waals surface area contributed by atoms with Crippen LogP contribution in [0.5, 0.6) is 5.75 Å². The van der Waals surface area contributed by atoms with E-state index in [0.29, 0.717) is 16.3 Å². The van der Waals surface area contributed by atoms with E-state index in [1.165, 1.54) is 38.2 Å². The molecular weight excluding hydrogens is 467 g/mol. The third-order valence-corrected chi connectivity index (χ3v) is 6.84. The van der Waals surface area contributed by atoms with Crippen molar-refractivity contribution in [2.75, 3.05) is 26.7 Å². The first-order valence-electron chi connectivity index (χ1n) is 9.11. The molecular formula is C20H22Cl2N2O6S. The minimum Gasteiger partial charge on any atom is -0.489 e. The van der Waals surface area contributed by atoms with Crippen molar-refractivity contribution in [2.24, 2.45) is 0 Å². The van der Waals surface area contributed by atoms with Gasteiger partial charge in [0.1, 0.15) is 23.5 Å². The van der Waals surface area contributed by atoms with Crippen molar-refractivity contribution in [1.29, 1.82) is 0 Å². The lowest BCUT2D eigenvalue weighted by molar-refractivity contribution is -0.121. The number of amides is 1. The zero-order valence-corrected chi connectivity index (χ0v) is 19.2. The van der Waals surface area contributed by atoms with Crippen LogP contribution in [0.3, 0.4) is 0 Å². The Labute approximate surface area is 190 Å². The molecule has 8 nitrogen and oxygen atoms in total. The van der Waals surface area contributed by atoms with Gasteiger partial charge in [-0.25, -0.2) is 8.42 Å². The Kier molecular flexibility index (Phi) is 8.84. The highest BCUT2D eigenvalue weighted by molar-refractivity contribution is 7.89. The molecule has 1 atom stereocenters. The third-order valence-electron chi connectivity index (χ3n) is 4.22. The normalized spacial score (nSPS) is 12.5. The molecule has 1 amide bonds. The van der Waals surface area contributed by atoms with E-state index in [2.05, 4.69) is 5.32 Å². The number of benzene rings is 2. The number of ether oxygens (including phenoxy) is 1. The number of sulfonamides is 1. The first-order chi connectivity index (χ1) is 14.5. The van der Waals surface area contributed by atoms with Crippen LogP contribution in [0.2, 0.25) is 10.0 Å². The molecule has 1 unspecified atom stereocenters. The maximum Gasteiger partial charge on any atom is 0.243 e. The quantitative estimate of drug-likeness (QED) is 0.496. The number of carbonyl (C=O) groups excluding carboxylic acids is 2. The number of ketones is 1. The highest BCUT2D eigenvalue weighted by Crippen LogP contribution is 2.31. The summed E-state index contributed by atoms with van der Waals surface area (Å²) in [5.41, 5.74) is 0.384. The summed E-state index contributed by atoms with van der Waals surface area (Å²) >= 11 is 11.9. The monoisotopic (exact) mass is 488 g/mol. The van der Waals surface area contributed by atoms with Gasteiger partial charge in [0.2, 0.25) is 15.9 Å². The summed E-state index contributed by atoms with van der Waals surface area (Å²) in [6.07, 6.45) is -1.06. The lowest BCUT2D eigenvalue weighted by atomic mass is 10.2. The zero-order chi connectivity index (χ0) is 23.2. The predicted molar refractivity (Wildman–Crippen MR) is 117 cm³/mol. The van der Waals surface area contributed by atoms with E-state index in [-0.39, 0.29) is 28.9 Å². The Bertz CT molecular complexity index is 1040. The minimum atomic E-state index is -3.92. The van der Waals surface area contributed by atoms with Gasteiger partial charge in [-0.1, -0.05) is 41.4 Å². The van der Waals surface area contributed by atoms with Crippen LogP contribution >= 0.6 is 23.2 Å². The number of hydrogen-bond donors (Lipinski definition) is 2. The largest absolute Gasteiger partial charge is 0.489 e. The third kappa shape index (κ3) is 6.91. The van der Waals surface area contributed by atoms with Crippen LogP contribution in [0.4, 0.5) is 0 Å². The van der Waals surface area contributed by atoms with Crippen molar-refractivity contribution < 1.29 is 27.9 Å². The molecule has 0 saturated heterocycles. The molecule has 11 heteroatoms. The van der Waals surface area contributed by atoms with Crippen molar-refractivity contribution in [2.45, 2.75) is 17.9 Å². The summed E-state index contributed by atoms with van der Waals surface area (Å²) in [5.74, 6) is -0.496. The van der Waals surface area contributed by atoms with E-state index in [1.54, 1.807) is 18.2 Å². The Morgan fingerprint density at radius 3 is 2.42 bits per heavy atom. The highest BCUT2D eigenvalue weighted by atomic mass is 35.5. The molecule has 0 aliphatic carbocycles. The molecule has 0 radical (unpaired) electrons. The maximum atomic E-state index is 12.6. The molecule has 0 fully saturated rings. The van der Waals surface area contributed by atoms with Crippen molar-refractivity contribution in [3.05, 3.63) is 58.1 Å². The first-order valence-corrected chi connectivity index (χ1v) is 11.3. The molecule has 0 bridgehead atoms. The fourth-order valence-corrected chi connectivity index (χ4v) is 3.93. The van der Waals surface area contributed by atoms with Crippen LogP contribution in [-0.2, 0) is 14.8 Å². The number of nitrogens with zero attached hydrogens (tertiary/aromatic N) is 1. The van der Waals surface area contributed by atoms with E-state index < -0.39 is 28.6 Å². The second-order valence-corrected chi connectivity index (χ2v) is 9.49. The molecule has 31 heavy (non-hydrogen) atoms. The molecule has 0 spiro atoms. The molecule has 2 aromatic carbocycles. The standard InChI is InChI=1S/C20H22Cl2N2O6S/c1-13(25)14-6-8-16(9-7-14)31(28,29)24(2)11-19(27)23-10-15(26)12-30-18-5-3-4-17(21)20(18)22/h3-9,15,26H,10-12H2,1-2H3,(H,23,27). The molecule has 168 valence electrons. The van der Waals surface area contributed by atoms with E-state index in [9.17, 15) is 23.1 Å². The molecule has 0 aromatic heterocycles. The van der Waals surface area contributed by atoms with Crippen LogP contribution in [0.15, 0.2) is 47.4 Å². The fourth-order valence-electron chi connectivity index (χ4n) is 2.46. The SMILES string of the molecule is CC(=O)c1ccc(S(=O)(=O)N(C)CC(=O)NCC(O)COc2cccc(Cl)c2Cl)cc1. The van der Waals surface area contributed by atoms with Crippen molar-refractivity contribution in [1.82, 2.24) is 9.62 Å². The van der Waals surface area contributed by atoms with Gasteiger partial charge < -0.3 is 15.2 Å². The number of halogens is 2. The lowest BCUT2D eigenvalue weighted by Gasteiger charge is -2.18. The fraction of sp³-hybridized carbons (Fsp3) is 0.300. The Morgan fingerprint density at radius 1 is 1.16 bits per heavy atom. The number of likely N-dealkylation sites (N-methyl/N-ethyl adjacent to an activating group) is 1. The Balaban J connectivity index is 1.85. The molecule has 2 N–H and O–H groups in total. The van der Waals surface area contributed by atoms with Crippen molar-refractivity contribution in [3.8, 4) is 5.75 Å². The highest BCUT2D eigenvalue weighted by Gasteiger charge is 2.23. The van der Waals surface area contributed by atoms with E-state index in [4.69, 9.17) is 27.9 Å². The van der Waals surface area contributed by atoms with Gasteiger partial charge in [-0.15, -0.1) is 0 Å². The molecule has 0 heterocycles. The summed E-state index contributed by atoms with van der Waals surface area (Å²) in [6.45, 7) is 0.614. The Morgan fingerprint density at radius 2 is 1.81 bits per heavy atom. The van der Waals surface area contributed by atoms with E-state index in [0.717, 1.165) is 4.31 Å². The molecule has 0 aliphatic heterocycles. The number of nitrogens with one attached hydrogen (secondary N) is 1. The van der Waals surface area contributed by atoms with Crippen molar-refractivity contribution in [3.63, 3.8) is 0 Å². The molecule has 0 saturated carbocycles. The summed E-state index contributed by atoms with van der Waals surface area (Å²) in [5, 5.41) is 13.0. The topological polar surface area (TPSA) is 113 Å². The van der Waals surface area contributed by atoms with Crippen LogP contribution in [0.1, 0.15) is 17.3 Å². The summed E-state index contributed by atoms with van der Waals surface area (Å²) < 4.78 is 31.4. The average Bonchev–Trinajstić information content (AvgIpc) is 2.73. The summed E-state index contributed by atoms with van der Waals surface area (Å²) in [6, 6.07) is 10.3. The number of rotatable bonds is 10. The average molecular weight is 489 g/mol. The van der Waals surface area contributed by atoms with Gasteiger partial charge in [0.25, 0.3) is 0 Å². The second-order valence-electron chi connectivity index (χ2n) is 6.66. The smallest absolute Gasteiger partial charge is 0.243 e.